The Morgan fingerprint density at radius 2 is 1.88 bits per heavy atom. The third-order valence-corrected chi connectivity index (χ3v) is 4.07. The maximum atomic E-state index is 8.86. The van der Waals surface area contributed by atoms with E-state index in [0.717, 1.165) is 16.9 Å². The van der Waals surface area contributed by atoms with Gasteiger partial charge in [-0.15, -0.1) is 0 Å². The standard InChI is InChI=1S/C19H21N7/c1-19(2)25-17(21)24-18(22)26(19)16-5-3-4-14(10-16)12-23-15-8-6-13(11-20)7-9-15/h3-10,23H,12H2,1-2H3,(H4,21,22,24,25). The average Bonchev–Trinajstić information content (AvgIpc) is 2.59. The van der Waals surface area contributed by atoms with Gasteiger partial charge in [0, 0.05) is 17.9 Å². The summed E-state index contributed by atoms with van der Waals surface area (Å²) < 4.78 is 0. The summed E-state index contributed by atoms with van der Waals surface area (Å²) in [6, 6.07) is 17.5. The SMILES string of the molecule is CC1(C)N=C(N)N=C(N)N1c1cccc(CNc2ccc(C#N)cc2)c1. The molecule has 1 aliphatic heterocycles. The van der Waals surface area contributed by atoms with E-state index in [1.165, 1.54) is 0 Å². The number of nitrogens with one attached hydrogen (secondary N) is 1. The van der Waals surface area contributed by atoms with Crippen LogP contribution in [0, 0.1) is 11.3 Å². The molecular formula is C19H21N7. The van der Waals surface area contributed by atoms with Crippen molar-refractivity contribution in [2.24, 2.45) is 21.5 Å². The maximum Gasteiger partial charge on any atom is 0.220 e. The molecule has 0 spiro atoms. The zero-order valence-corrected chi connectivity index (χ0v) is 14.8. The number of hydrogen-bond donors (Lipinski definition) is 3. The van der Waals surface area contributed by atoms with E-state index in [4.69, 9.17) is 16.7 Å². The number of nitrogens with zero attached hydrogens (tertiary/aromatic N) is 4. The number of anilines is 2. The van der Waals surface area contributed by atoms with E-state index in [9.17, 15) is 0 Å². The third-order valence-electron chi connectivity index (χ3n) is 4.07. The monoisotopic (exact) mass is 347 g/mol. The second kappa shape index (κ2) is 6.76. The van der Waals surface area contributed by atoms with Crippen molar-refractivity contribution in [3.63, 3.8) is 0 Å². The summed E-state index contributed by atoms with van der Waals surface area (Å²) in [6.07, 6.45) is 0. The fourth-order valence-corrected chi connectivity index (χ4v) is 2.92. The lowest BCUT2D eigenvalue weighted by molar-refractivity contribution is 0.534. The molecule has 2 aromatic carbocycles. The van der Waals surface area contributed by atoms with Crippen LogP contribution in [0.2, 0.25) is 0 Å². The van der Waals surface area contributed by atoms with Crippen LogP contribution in [0.15, 0.2) is 58.5 Å². The number of nitriles is 1. The molecule has 0 radical (unpaired) electrons. The van der Waals surface area contributed by atoms with Gasteiger partial charge in [0.2, 0.25) is 11.9 Å². The van der Waals surface area contributed by atoms with Crippen LogP contribution >= 0.6 is 0 Å². The summed E-state index contributed by atoms with van der Waals surface area (Å²) in [5, 5.41) is 12.2. The molecule has 0 amide bonds. The van der Waals surface area contributed by atoms with E-state index in [2.05, 4.69) is 21.4 Å². The minimum absolute atomic E-state index is 0.183. The van der Waals surface area contributed by atoms with Crippen LogP contribution in [0.3, 0.4) is 0 Å². The number of rotatable bonds is 4. The highest BCUT2D eigenvalue weighted by Crippen LogP contribution is 2.28. The largest absolute Gasteiger partial charge is 0.381 e. The smallest absolute Gasteiger partial charge is 0.220 e. The number of hydrogen-bond acceptors (Lipinski definition) is 7. The molecular weight excluding hydrogens is 326 g/mol. The number of benzene rings is 2. The van der Waals surface area contributed by atoms with Crippen molar-refractivity contribution in [3.05, 3.63) is 59.7 Å². The molecule has 132 valence electrons. The van der Waals surface area contributed by atoms with Crippen LogP contribution in [-0.2, 0) is 6.54 Å². The second-order valence-electron chi connectivity index (χ2n) is 6.48. The number of guanidine groups is 2. The Bertz CT molecular complexity index is 904. The molecule has 0 aromatic heterocycles. The van der Waals surface area contributed by atoms with Crippen LogP contribution in [-0.4, -0.2) is 17.6 Å². The first-order valence-electron chi connectivity index (χ1n) is 8.22. The van der Waals surface area contributed by atoms with Crippen LogP contribution in [0.5, 0.6) is 0 Å². The molecule has 5 N–H and O–H groups in total. The van der Waals surface area contributed by atoms with Gasteiger partial charge in [0.15, 0.2) is 0 Å². The molecule has 0 aliphatic carbocycles. The van der Waals surface area contributed by atoms with Crippen molar-refractivity contribution in [1.29, 1.82) is 5.26 Å². The predicted molar refractivity (Wildman–Crippen MR) is 105 cm³/mol. The summed E-state index contributed by atoms with van der Waals surface area (Å²) in [7, 11) is 0. The highest BCUT2D eigenvalue weighted by Gasteiger charge is 2.32. The van der Waals surface area contributed by atoms with Gasteiger partial charge in [0.25, 0.3) is 0 Å². The van der Waals surface area contributed by atoms with Crippen molar-refractivity contribution >= 4 is 23.3 Å². The van der Waals surface area contributed by atoms with Gasteiger partial charge in [-0.3, -0.25) is 4.90 Å². The molecule has 0 unspecified atom stereocenters. The summed E-state index contributed by atoms with van der Waals surface area (Å²) >= 11 is 0. The highest BCUT2D eigenvalue weighted by molar-refractivity contribution is 6.05. The Morgan fingerprint density at radius 3 is 2.54 bits per heavy atom. The fourth-order valence-electron chi connectivity index (χ4n) is 2.92. The van der Waals surface area contributed by atoms with Gasteiger partial charge in [-0.1, -0.05) is 12.1 Å². The lowest BCUT2D eigenvalue weighted by Gasteiger charge is -2.38. The van der Waals surface area contributed by atoms with Gasteiger partial charge < -0.3 is 16.8 Å². The summed E-state index contributed by atoms with van der Waals surface area (Å²) in [6.45, 7) is 4.50. The lowest BCUT2D eigenvalue weighted by atomic mass is 10.1. The minimum Gasteiger partial charge on any atom is -0.381 e. The Balaban J connectivity index is 1.78. The summed E-state index contributed by atoms with van der Waals surface area (Å²) in [5.41, 5.74) is 14.8. The van der Waals surface area contributed by atoms with E-state index in [0.29, 0.717) is 18.1 Å². The van der Waals surface area contributed by atoms with Crippen LogP contribution in [0.1, 0.15) is 25.0 Å². The van der Waals surface area contributed by atoms with E-state index in [1.807, 2.05) is 55.1 Å². The first-order valence-corrected chi connectivity index (χ1v) is 8.22. The molecule has 3 rings (SSSR count). The molecule has 0 bridgehead atoms. The Labute approximate surface area is 152 Å². The molecule has 7 heteroatoms. The zero-order valence-electron chi connectivity index (χ0n) is 14.8. The molecule has 0 atom stereocenters. The van der Waals surface area contributed by atoms with Crippen molar-refractivity contribution in [2.45, 2.75) is 26.1 Å². The molecule has 0 saturated heterocycles. The lowest BCUT2D eigenvalue weighted by Crippen LogP contribution is -2.54. The van der Waals surface area contributed by atoms with Gasteiger partial charge in [-0.25, -0.2) is 4.99 Å². The fraction of sp³-hybridized carbons (Fsp3) is 0.211. The van der Waals surface area contributed by atoms with Crippen LogP contribution in [0.4, 0.5) is 11.4 Å². The first-order chi connectivity index (χ1) is 12.4. The molecule has 7 nitrogen and oxygen atoms in total. The molecule has 2 aromatic rings. The van der Waals surface area contributed by atoms with Gasteiger partial charge in [-0.2, -0.15) is 10.3 Å². The minimum atomic E-state index is -0.616. The predicted octanol–water partition coefficient (Wildman–Crippen LogP) is 2.36. The third kappa shape index (κ3) is 3.59. The van der Waals surface area contributed by atoms with Crippen molar-refractivity contribution in [3.8, 4) is 6.07 Å². The number of aliphatic imine (C=N–C) groups is 2. The highest BCUT2D eigenvalue weighted by atomic mass is 15.4. The van der Waals surface area contributed by atoms with E-state index < -0.39 is 5.66 Å². The van der Waals surface area contributed by atoms with Gasteiger partial charge in [0.1, 0.15) is 5.66 Å². The second-order valence-corrected chi connectivity index (χ2v) is 6.48. The van der Waals surface area contributed by atoms with Crippen molar-refractivity contribution < 1.29 is 0 Å². The van der Waals surface area contributed by atoms with E-state index in [-0.39, 0.29) is 5.96 Å². The van der Waals surface area contributed by atoms with Crippen LogP contribution in [0.25, 0.3) is 0 Å². The quantitative estimate of drug-likeness (QED) is 0.785. The normalized spacial score (nSPS) is 15.7. The Hall–Kier alpha value is -3.53. The Kier molecular flexibility index (Phi) is 4.50. The summed E-state index contributed by atoms with van der Waals surface area (Å²) in [5.74, 6) is 0.502. The van der Waals surface area contributed by atoms with Gasteiger partial charge in [-0.05, 0) is 55.8 Å². The molecule has 1 heterocycles. The van der Waals surface area contributed by atoms with Gasteiger partial charge in [0.05, 0.1) is 11.6 Å². The van der Waals surface area contributed by atoms with E-state index >= 15 is 0 Å². The number of nitrogens with two attached hydrogens (primary N) is 2. The molecule has 0 saturated carbocycles. The molecule has 0 fully saturated rings. The average molecular weight is 347 g/mol. The van der Waals surface area contributed by atoms with E-state index in [1.54, 1.807) is 12.1 Å². The van der Waals surface area contributed by atoms with Gasteiger partial charge >= 0.3 is 0 Å². The van der Waals surface area contributed by atoms with Crippen molar-refractivity contribution in [1.82, 2.24) is 0 Å². The first kappa shape index (κ1) is 17.3. The van der Waals surface area contributed by atoms with Crippen molar-refractivity contribution in [2.75, 3.05) is 10.2 Å². The summed E-state index contributed by atoms with van der Waals surface area (Å²) in [4.78, 5) is 10.3. The maximum absolute atomic E-state index is 8.86. The van der Waals surface area contributed by atoms with Crippen LogP contribution < -0.4 is 21.7 Å². The Morgan fingerprint density at radius 1 is 1.15 bits per heavy atom. The molecule has 26 heavy (non-hydrogen) atoms. The topological polar surface area (TPSA) is 116 Å². The zero-order chi connectivity index (χ0) is 18.7. The molecule has 1 aliphatic rings.